The normalized spacial score (nSPS) is 19.0. The first-order chi connectivity index (χ1) is 34.0. The zero-order valence-electron chi connectivity index (χ0n) is 44.9. The molecule has 0 bridgehead atoms. The molecule has 0 radical (unpaired) electrons. The Morgan fingerprint density at radius 2 is 0.829 bits per heavy atom. The predicted octanol–water partition coefficient (Wildman–Crippen LogP) is 14.1. The molecule has 4 N–H and O–H groups in total. The zero-order valence-corrected chi connectivity index (χ0v) is 45.7. The lowest BCUT2D eigenvalue weighted by molar-refractivity contribution is -0.297. The van der Waals surface area contributed by atoms with Gasteiger partial charge in [-0.3, -0.25) is 14.1 Å². The fourth-order valence-corrected chi connectivity index (χ4v) is 10.0. The molecule has 414 valence electrons. The minimum absolute atomic E-state index is 0.122. The lowest BCUT2D eigenvalue weighted by Gasteiger charge is -2.40. The van der Waals surface area contributed by atoms with Crippen molar-refractivity contribution in [2.75, 3.05) is 19.0 Å². The van der Waals surface area contributed by atoms with E-state index >= 15 is 0 Å². The third-order valence-corrected chi connectivity index (χ3v) is 14.6. The summed E-state index contributed by atoms with van der Waals surface area (Å²) < 4.78 is 54.4. The smallest absolute Gasteiger partial charge is 0.306 e. The van der Waals surface area contributed by atoms with Gasteiger partial charge in [-0.15, -0.1) is 0 Å². The van der Waals surface area contributed by atoms with E-state index in [1.807, 2.05) is 0 Å². The number of aliphatic hydroxyl groups excluding tert-OH is 3. The minimum Gasteiger partial charge on any atom is -0.462 e. The van der Waals surface area contributed by atoms with Gasteiger partial charge in [0, 0.05) is 12.8 Å². The van der Waals surface area contributed by atoms with Gasteiger partial charge in [-0.2, -0.15) is 8.42 Å². The Bertz CT molecular complexity index is 1330. The van der Waals surface area contributed by atoms with Gasteiger partial charge in [0.05, 0.1) is 6.61 Å². The Morgan fingerprint density at radius 1 is 0.471 bits per heavy atom. The second-order valence-electron chi connectivity index (χ2n) is 20.7. The van der Waals surface area contributed by atoms with E-state index in [0.717, 1.165) is 32.1 Å². The summed E-state index contributed by atoms with van der Waals surface area (Å²) >= 11 is 0. The zero-order chi connectivity index (χ0) is 51.2. The Balaban J connectivity index is 2.31. The molecular formula is C57H108O12S. The second kappa shape index (κ2) is 47.1. The Kier molecular flexibility index (Phi) is 44.7. The van der Waals surface area contributed by atoms with E-state index < -0.39 is 71.2 Å². The molecule has 1 aliphatic heterocycles. The van der Waals surface area contributed by atoms with Crippen molar-refractivity contribution < 1.29 is 56.8 Å². The number of aliphatic hydroxyl groups is 3. The van der Waals surface area contributed by atoms with Gasteiger partial charge in [-0.1, -0.05) is 251 Å². The topological polar surface area (TPSA) is 186 Å². The van der Waals surface area contributed by atoms with Crippen LogP contribution in [-0.4, -0.2) is 96.0 Å². The molecule has 1 aliphatic rings. The monoisotopic (exact) mass is 1020 g/mol. The van der Waals surface area contributed by atoms with Gasteiger partial charge in [0.2, 0.25) is 0 Å². The first-order valence-electron chi connectivity index (χ1n) is 29.2. The van der Waals surface area contributed by atoms with Crippen LogP contribution in [0.25, 0.3) is 0 Å². The van der Waals surface area contributed by atoms with Gasteiger partial charge in [0.1, 0.15) is 36.8 Å². The van der Waals surface area contributed by atoms with Crippen molar-refractivity contribution >= 4 is 22.1 Å². The highest BCUT2D eigenvalue weighted by atomic mass is 32.2. The van der Waals surface area contributed by atoms with Crippen LogP contribution >= 0.6 is 0 Å². The van der Waals surface area contributed by atoms with Crippen LogP contribution in [0.4, 0.5) is 0 Å². The SMILES string of the molecule is CCCCCCCCCCCCCCCCCCCC/C=C/CCCC(=O)O[C@H](COC(=O)CCCCCCCCCCCCCCCCCCCCC)CO[C@H]1O[C@H](CS(=O)(=O)O)[C@@H](O)C(O)C1O. The van der Waals surface area contributed by atoms with Gasteiger partial charge < -0.3 is 34.3 Å². The average Bonchev–Trinajstić information content (AvgIpc) is 3.33. The van der Waals surface area contributed by atoms with Crippen molar-refractivity contribution in [3.8, 4) is 0 Å². The van der Waals surface area contributed by atoms with E-state index in [0.29, 0.717) is 19.3 Å². The summed E-state index contributed by atoms with van der Waals surface area (Å²) in [5.74, 6) is -2.00. The predicted molar refractivity (Wildman–Crippen MR) is 284 cm³/mol. The molecular weight excluding hydrogens is 909 g/mol. The van der Waals surface area contributed by atoms with Crippen LogP contribution in [0.15, 0.2) is 12.2 Å². The molecule has 0 amide bonds. The number of allylic oxidation sites excluding steroid dienone is 2. The summed E-state index contributed by atoms with van der Waals surface area (Å²) in [5, 5.41) is 31.0. The molecule has 6 atom stereocenters. The highest BCUT2D eigenvalue weighted by Crippen LogP contribution is 2.24. The summed E-state index contributed by atoms with van der Waals surface area (Å²) in [6.45, 7) is 3.81. The number of ether oxygens (including phenoxy) is 4. The largest absolute Gasteiger partial charge is 0.462 e. The summed E-state index contributed by atoms with van der Waals surface area (Å²) in [6, 6.07) is 0. The van der Waals surface area contributed by atoms with Crippen molar-refractivity contribution in [1.29, 1.82) is 0 Å². The molecule has 1 heterocycles. The number of unbranched alkanes of at least 4 members (excludes halogenated alkanes) is 37. The van der Waals surface area contributed by atoms with Crippen molar-refractivity contribution in [1.82, 2.24) is 0 Å². The van der Waals surface area contributed by atoms with Crippen LogP contribution in [0.2, 0.25) is 0 Å². The molecule has 2 unspecified atom stereocenters. The van der Waals surface area contributed by atoms with Crippen molar-refractivity contribution in [3.05, 3.63) is 12.2 Å². The molecule has 70 heavy (non-hydrogen) atoms. The number of hydrogen-bond donors (Lipinski definition) is 4. The standard InChI is InChI=1S/C57H108O12S/c1-3-5-7-9-11-13-15-17-19-21-23-24-25-26-28-30-32-34-36-38-40-42-44-46-53(59)68-50(48-67-57-56(62)55(61)54(60)51(69-57)49-70(63,64)65)47-66-52(58)45-43-41-39-37-35-33-31-29-27-22-20-18-16-14-12-10-8-6-4-2/h38,40,50-51,54-57,60-62H,3-37,39,41-49H2,1-2H3,(H,63,64,65)/b40-38+/t50-,51-,54-,55?,56?,57+/m1/s1. The molecule has 0 aromatic rings. The van der Waals surface area contributed by atoms with Crippen LogP contribution in [0, 0.1) is 0 Å². The second-order valence-corrected chi connectivity index (χ2v) is 22.2. The van der Waals surface area contributed by atoms with E-state index in [2.05, 4.69) is 26.0 Å². The summed E-state index contributed by atoms with van der Waals surface area (Å²) in [5.41, 5.74) is 0. The first-order valence-corrected chi connectivity index (χ1v) is 30.9. The van der Waals surface area contributed by atoms with E-state index in [1.54, 1.807) is 0 Å². The molecule has 0 aliphatic carbocycles. The highest BCUT2D eigenvalue weighted by Gasteiger charge is 2.46. The van der Waals surface area contributed by atoms with Crippen LogP contribution in [0.1, 0.15) is 284 Å². The van der Waals surface area contributed by atoms with Crippen LogP contribution < -0.4 is 0 Å². The number of carbonyl (C=O) groups is 2. The molecule has 13 heteroatoms. The number of carbonyl (C=O) groups excluding carboxylic acids is 2. The number of hydrogen-bond acceptors (Lipinski definition) is 11. The lowest BCUT2D eigenvalue weighted by atomic mass is 10.00. The van der Waals surface area contributed by atoms with Crippen LogP contribution in [-0.2, 0) is 38.7 Å². The molecule has 1 saturated heterocycles. The summed E-state index contributed by atoms with van der Waals surface area (Å²) in [7, 11) is -4.61. The van der Waals surface area contributed by atoms with Crippen molar-refractivity contribution in [2.24, 2.45) is 0 Å². The van der Waals surface area contributed by atoms with Gasteiger partial charge in [0.25, 0.3) is 10.1 Å². The third kappa shape index (κ3) is 40.8. The fourth-order valence-electron chi connectivity index (χ4n) is 9.33. The molecule has 0 aromatic heterocycles. The van der Waals surface area contributed by atoms with Gasteiger partial charge in [0.15, 0.2) is 12.4 Å². The van der Waals surface area contributed by atoms with E-state index in [1.165, 1.54) is 205 Å². The van der Waals surface area contributed by atoms with Crippen molar-refractivity contribution in [2.45, 2.75) is 320 Å². The van der Waals surface area contributed by atoms with E-state index in [4.69, 9.17) is 18.9 Å². The molecule has 0 spiro atoms. The summed E-state index contributed by atoms with van der Waals surface area (Å²) in [4.78, 5) is 25.6. The van der Waals surface area contributed by atoms with Gasteiger partial charge >= 0.3 is 11.9 Å². The van der Waals surface area contributed by atoms with Gasteiger partial charge in [-0.25, -0.2) is 0 Å². The molecule has 12 nitrogen and oxygen atoms in total. The molecule has 0 aromatic carbocycles. The molecule has 1 rings (SSSR count). The fraction of sp³-hybridized carbons (Fsp3) is 0.930. The molecule has 0 saturated carbocycles. The van der Waals surface area contributed by atoms with Crippen LogP contribution in [0.3, 0.4) is 0 Å². The number of esters is 2. The summed E-state index contributed by atoms with van der Waals surface area (Å²) in [6.07, 6.45) is 45.5. The van der Waals surface area contributed by atoms with Gasteiger partial charge in [-0.05, 0) is 32.1 Å². The van der Waals surface area contributed by atoms with E-state index in [9.17, 15) is 37.9 Å². The maximum Gasteiger partial charge on any atom is 0.306 e. The van der Waals surface area contributed by atoms with E-state index in [-0.39, 0.29) is 19.4 Å². The quantitative estimate of drug-likeness (QED) is 0.0196. The maximum absolute atomic E-state index is 12.9. The minimum atomic E-state index is -4.61. The first kappa shape index (κ1) is 66.4. The number of rotatable bonds is 51. The Morgan fingerprint density at radius 3 is 1.23 bits per heavy atom. The Hall–Kier alpha value is -1.61. The highest BCUT2D eigenvalue weighted by molar-refractivity contribution is 7.85. The van der Waals surface area contributed by atoms with Crippen molar-refractivity contribution in [3.63, 3.8) is 0 Å². The average molecular weight is 1020 g/mol. The lowest BCUT2D eigenvalue weighted by Crippen LogP contribution is -2.60. The maximum atomic E-state index is 12.9. The Labute approximate surface area is 428 Å². The molecule has 1 fully saturated rings. The van der Waals surface area contributed by atoms with Crippen LogP contribution in [0.5, 0.6) is 0 Å². The third-order valence-electron chi connectivity index (χ3n) is 13.8.